The molecule has 0 amide bonds. The minimum absolute atomic E-state index is 0.167. The molecule has 21 heavy (non-hydrogen) atoms. The minimum Gasteiger partial charge on any atom is -0.468 e. The van der Waals surface area contributed by atoms with Crippen molar-refractivity contribution in [3.63, 3.8) is 0 Å². The molecular formula is C14H18N2O3S2. The van der Waals surface area contributed by atoms with Gasteiger partial charge in [-0.15, -0.1) is 11.3 Å². The van der Waals surface area contributed by atoms with Gasteiger partial charge in [-0.25, -0.2) is 13.1 Å². The van der Waals surface area contributed by atoms with E-state index in [1.807, 2.05) is 6.92 Å². The molecule has 0 unspecified atom stereocenters. The Kier molecular flexibility index (Phi) is 4.17. The molecule has 114 valence electrons. The molecule has 0 radical (unpaired) electrons. The first-order valence-corrected chi connectivity index (χ1v) is 9.19. The van der Waals surface area contributed by atoms with E-state index in [0.717, 1.165) is 16.3 Å². The van der Waals surface area contributed by atoms with Gasteiger partial charge in [0.25, 0.3) is 0 Å². The Labute approximate surface area is 128 Å². The molecule has 7 heteroatoms. The number of furan rings is 1. The van der Waals surface area contributed by atoms with E-state index in [1.165, 1.54) is 30.4 Å². The highest BCUT2D eigenvalue weighted by atomic mass is 32.2. The van der Waals surface area contributed by atoms with Gasteiger partial charge in [0.2, 0.25) is 10.0 Å². The minimum atomic E-state index is -3.50. The molecule has 0 bridgehead atoms. The summed E-state index contributed by atoms with van der Waals surface area (Å²) in [6, 6.07) is 5.86. The van der Waals surface area contributed by atoms with Gasteiger partial charge in [-0.2, -0.15) is 0 Å². The molecule has 1 aliphatic carbocycles. The molecule has 1 saturated carbocycles. The first-order valence-electron chi connectivity index (χ1n) is 6.89. The van der Waals surface area contributed by atoms with Crippen molar-refractivity contribution in [2.45, 2.75) is 43.8 Å². The second-order valence-electron chi connectivity index (χ2n) is 5.19. The van der Waals surface area contributed by atoms with Gasteiger partial charge < -0.3 is 9.73 Å². The predicted molar refractivity (Wildman–Crippen MR) is 81.7 cm³/mol. The molecule has 3 rings (SSSR count). The lowest BCUT2D eigenvalue weighted by molar-refractivity contribution is 0.498. The van der Waals surface area contributed by atoms with Gasteiger partial charge in [0, 0.05) is 22.3 Å². The van der Waals surface area contributed by atoms with E-state index in [4.69, 9.17) is 4.42 Å². The summed E-state index contributed by atoms with van der Waals surface area (Å²) in [7, 11) is -3.50. The normalized spacial score (nSPS) is 15.5. The zero-order valence-electron chi connectivity index (χ0n) is 11.8. The van der Waals surface area contributed by atoms with E-state index in [2.05, 4.69) is 10.0 Å². The molecule has 0 aromatic carbocycles. The summed E-state index contributed by atoms with van der Waals surface area (Å²) in [5.41, 5.74) is 0. The van der Waals surface area contributed by atoms with E-state index in [9.17, 15) is 8.42 Å². The highest BCUT2D eigenvalue weighted by Gasteiger charge is 2.23. The van der Waals surface area contributed by atoms with Crippen LogP contribution in [-0.4, -0.2) is 14.5 Å². The lowest BCUT2D eigenvalue weighted by Gasteiger charge is -2.04. The van der Waals surface area contributed by atoms with Gasteiger partial charge in [-0.05, 0) is 38.0 Å². The summed E-state index contributed by atoms with van der Waals surface area (Å²) in [5.74, 6) is 0.599. The molecule has 2 heterocycles. The predicted octanol–water partition coefficient (Wildman–Crippen LogP) is 2.38. The summed E-state index contributed by atoms with van der Waals surface area (Å²) in [6.45, 7) is 2.75. The van der Waals surface area contributed by atoms with Crippen LogP contribution in [0.15, 0.2) is 33.8 Å². The van der Waals surface area contributed by atoms with Gasteiger partial charge >= 0.3 is 0 Å². The zero-order valence-corrected chi connectivity index (χ0v) is 13.4. The summed E-state index contributed by atoms with van der Waals surface area (Å²) < 4.78 is 32.4. The number of thiophene rings is 1. The molecule has 1 fully saturated rings. The second kappa shape index (κ2) is 5.92. The average Bonchev–Trinajstić information content (AvgIpc) is 2.97. The maximum Gasteiger partial charge on any atom is 0.242 e. The third-order valence-corrected chi connectivity index (χ3v) is 6.08. The maximum atomic E-state index is 12.3. The van der Waals surface area contributed by atoms with Crippen molar-refractivity contribution >= 4 is 21.4 Å². The monoisotopic (exact) mass is 326 g/mol. The zero-order chi connectivity index (χ0) is 14.9. The van der Waals surface area contributed by atoms with Gasteiger partial charge in [0.15, 0.2) is 0 Å². The van der Waals surface area contributed by atoms with Crippen molar-refractivity contribution in [3.8, 4) is 0 Å². The topological polar surface area (TPSA) is 71.3 Å². The third-order valence-electron chi connectivity index (χ3n) is 3.37. The number of rotatable bonds is 7. The summed E-state index contributed by atoms with van der Waals surface area (Å²) >= 11 is 1.53. The van der Waals surface area contributed by atoms with Gasteiger partial charge in [0.05, 0.1) is 17.7 Å². The van der Waals surface area contributed by atoms with Crippen LogP contribution in [-0.2, 0) is 23.1 Å². The summed E-state index contributed by atoms with van der Waals surface area (Å²) in [4.78, 5) is 2.24. The molecule has 2 N–H and O–H groups in total. The molecule has 5 nitrogen and oxygen atoms in total. The van der Waals surface area contributed by atoms with E-state index in [1.54, 1.807) is 18.2 Å². The highest BCUT2D eigenvalue weighted by Crippen LogP contribution is 2.27. The van der Waals surface area contributed by atoms with Crippen LogP contribution in [0.5, 0.6) is 0 Å². The van der Waals surface area contributed by atoms with E-state index in [-0.39, 0.29) is 6.54 Å². The molecule has 2 aromatic heterocycles. The Balaban J connectivity index is 1.68. The third kappa shape index (κ3) is 3.74. The number of hydrogen-bond acceptors (Lipinski definition) is 5. The van der Waals surface area contributed by atoms with Gasteiger partial charge in [0.1, 0.15) is 5.76 Å². The highest BCUT2D eigenvalue weighted by molar-refractivity contribution is 7.89. The standard InChI is InChI=1S/C14H18N2O3S2/c1-10-14(7-13(20-10)9-15-11-4-5-11)21(17,18)16-8-12-3-2-6-19-12/h2-3,6-7,11,15-16H,4-5,8-9H2,1H3. The fourth-order valence-corrected chi connectivity index (χ4v) is 4.65. The summed E-state index contributed by atoms with van der Waals surface area (Å²) in [6.07, 6.45) is 3.97. The van der Waals surface area contributed by atoms with E-state index < -0.39 is 10.0 Å². The van der Waals surface area contributed by atoms with Crippen molar-refractivity contribution < 1.29 is 12.8 Å². The fraction of sp³-hybridized carbons (Fsp3) is 0.429. The van der Waals surface area contributed by atoms with E-state index >= 15 is 0 Å². The number of aryl methyl sites for hydroxylation is 1. The Hall–Kier alpha value is -1.15. The van der Waals surface area contributed by atoms with Crippen LogP contribution in [0, 0.1) is 6.92 Å². The largest absolute Gasteiger partial charge is 0.468 e. The Bertz CT molecular complexity index is 701. The number of nitrogens with one attached hydrogen (secondary N) is 2. The summed E-state index contributed by atoms with van der Waals surface area (Å²) in [5, 5.41) is 3.40. The molecule has 2 aromatic rings. The number of hydrogen-bond donors (Lipinski definition) is 2. The molecule has 0 aliphatic heterocycles. The lowest BCUT2D eigenvalue weighted by atomic mass is 10.4. The quantitative estimate of drug-likeness (QED) is 0.819. The Morgan fingerprint density at radius 3 is 2.86 bits per heavy atom. The SMILES string of the molecule is Cc1sc(CNC2CC2)cc1S(=O)(=O)NCc1ccco1. The van der Waals surface area contributed by atoms with Crippen molar-refractivity contribution in [1.82, 2.24) is 10.0 Å². The average molecular weight is 326 g/mol. The van der Waals surface area contributed by atoms with Crippen molar-refractivity contribution in [1.29, 1.82) is 0 Å². The molecule has 0 spiro atoms. The van der Waals surface area contributed by atoms with Crippen LogP contribution in [0.2, 0.25) is 0 Å². The van der Waals surface area contributed by atoms with E-state index in [0.29, 0.717) is 16.7 Å². The first kappa shape index (κ1) is 14.8. The molecule has 1 aliphatic rings. The Morgan fingerprint density at radius 1 is 1.38 bits per heavy atom. The van der Waals surface area contributed by atoms with Crippen molar-refractivity contribution in [3.05, 3.63) is 40.0 Å². The van der Waals surface area contributed by atoms with Gasteiger partial charge in [-0.3, -0.25) is 0 Å². The lowest BCUT2D eigenvalue weighted by Crippen LogP contribution is -2.23. The molecular weight excluding hydrogens is 308 g/mol. The van der Waals surface area contributed by atoms with Crippen LogP contribution in [0.3, 0.4) is 0 Å². The maximum absolute atomic E-state index is 12.3. The fourth-order valence-electron chi connectivity index (χ4n) is 2.07. The second-order valence-corrected chi connectivity index (χ2v) is 8.27. The molecule has 0 saturated heterocycles. The number of sulfonamides is 1. The van der Waals surface area contributed by atoms with Crippen LogP contribution < -0.4 is 10.0 Å². The van der Waals surface area contributed by atoms with Crippen molar-refractivity contribution in [2.75, 3.05) is 0 Å². The van der Waals surface area contributed by atoms with Crippen LogP contribution >= 0.6 is 11.3 Å². The van der Waals surface area contributed by atoms with Crippen LogP contribution in [0.4, 0.5) is 0 Å². The smallest absolute Gasteiger partial charge is 0.242 e. The van der Waals surface area contributed by atoms with Gasteiger partial charge in [-0.1, -0.05) is 0 Å². The molecule has 0 atom stereocenters. The van der Waals surface area contributed by atoms with Crippen LogP contribution in [0.25, 0.3) is 0 Å². The van der Waals surface area contributed by atoms with Crippen molar-refractivity contribution in [2.24, 2.45) is 0 Å². The Morgan fingerprint density at radius 2 is 2.19 bits per heavy atom. The first-order chi connectivity index (χ1) is 10.0. The van der Waals surface area contributed by atoms with Crippen LogP contribution in [0.1, 0.15) is 28.4 Å².